The number of hydrogen-bond acceptors (Lipinski definition) is 3. The highest BCUT2D eigenvalue weighted by Crippen LogP contribution is 2.32. The standard InChI is InChI=1S/C12H19F3N2OS/c1-2-18-11-8-10(12(13,14)15)16-19(17-11)9-6-4-3-5-7-9/h8-9,11H,2-7H2,1H3,(H,16,17). The normalized spacial score (nSPS) is 29.8. The summed E-state index contributed by atoms with van der Waals surface area (Å²) in [5.41, 5.74) is -0.793. The lowest BCUT2D eigenvalue weighted by Crippen LogP contribution is -2.41. The quantitative estimate of drug-likeness (QED) is 0.865. The second-order valence-corrected chi connectivity index (χ2v) is 6.42. The Balaban J connectivity index is 2.17. The molecule has 0 bridgehead atoms. The zero-order valence-corrected chi connectivity index (χ0v) is 11.7. The molecule has 2 rings (SSSR count). The summed E-state index contributed by atoms with van der Waals surface area (Å²) in [5, 5.41) is 0.211. The van der Waals surface area contributed by atoms with E-state index in [9.17, 15) is 13.2 Å². The van der Waals surface area contributed by atoms with Gasteiger partial charge in [-0.15, -0.1) is 0 Å². The molecule has 1 saturated carbocycles. The Morgan fingerprint density at radius 2 is 2.05 bits per heavy atom. The van der Waals surface area contributed by atoms with E-state index < -0.39 is 29.0 Å². The van der Waals surface area contributed by atoms with Crippen LogP contribution in [-0.2, 0) is 15.6 Å². The van der Waals surface area contributed by atoms with Crippen LogP contribution in [0.25, 0.3) is 0 Å². The van der Waals surface area contributed by atoms with Gasteiger partial charge in [0.15, 0.2) is 5.70 Å². The highest BCUT2D eigenvalue weighted by atomic mass is 32.2. The molecule has 1 N–H and O–H groups in total. The molecule has 3 nitrogen and oxygen atoms in total. The summed E-state index contributed by atoms with van der Waals surface area (Å²) in [6.45, 7) is 2.15. The number of rotatable bonds is 3. The van der Waals surface area contributed by atoms with Crippen LogP contribution in [0.4, 0.5) is 13.2 Å². The van der Waals surface area contributed by atoms with Crippen molar-refractivity contribution in [1.82, 2.24) is 4.72 Å². The van der Waals surface area contributed by atoms with Gasteiger partial charge < -0.3 is 4.74 Å². The van der Waals surface area contributed by atoms with E-state index in [4.69, 9.17) is 4.74 Å². The van der Waals surface area contributed by atoms with Crippen molar-refractivity contribution < 1.29 is 17.9 Å². The van der Waals surface area contributed by atoms with Gasteiger partial charge in [-0.2, -0.15) is 13.2 Å². The molecule has 0 aromatic carbocycles. The van der Waals surface area contributed by atoms with Crippen molar-refractivity contribution in [2.45, 2.75) is 56.7 Å². The largest absolute Gasteiger partial charge is 0.433 e. The maximum absolute atomic E-state index is 12.9. The van der Waals surface area contributed by atoms with Crippen LogP contribution in [0.15, 0.2) is 16.1 Å². The molecule has 2 aliphatic rings. The van der Waals surface area contributed by atoms with Gasteiger partial charge in [0.1, 0.15) is 6.23 Å². The third kappa shape index (κ3) is 4.03. The van der Waals surface area contributed by atoms with Crippen molar-refractivity contribution in [3.05, 3.63) is 11.8 Å². The minimum Gasteiger partial charge on any atom is -0.359 e. The molecule has 19 heavy (non-hydrogen) atoms. The van der Waals surface area contributed by atoms with E-state index in [2.05, 4.69) is 9.08 Å². The fourth-order valence-electron chi connectivity index (χ4n) is 2.33. The summed E-state index contributed by atoms with van der Waals surface area (Å²) in [6, 6.07) is 0. The molecule has 0 aromatic rings. The van der Waals surface area contributed by atoms with Crippen LogP contribution in [0.1, 0.15) is 39.0 Å². The van der Waals surface area contributed by atoms with Crippen LogP contribution in [0.5, 0.6) is 0 Å². The summed E-state index contributed by atoms with van der Waals surface area (Å²) >= 11 is 0. The molecule has 1 aliphatic heterocycles. The molecule has 2 atom stereocenters. The number of alkyl halides is 3. The van der Waals surface area contributed by atoms with Crippen LogP contribution in [0, 0.1) is 0 Å². The van der Waals surface area contributed by atoms with Crippen LogP contribution >= 0.6 is 0 Å². The van der Waals surface area contributed by atoms with Gasteiger partial charge >= 0.3 is 6.18 Å². The molecular weight excluding hydrogens is 277 g/mol. The Kier molecular flexibility index (Phi) is 5.03. The summed E-state index contributed by atoms with van der Waals surface area (Å²) in [7, 11) is -0.777. The fraction of sp³-hybridized carbons (Fsp3) is 0.833. The van der Waals surface area contributed by atoms with Crippen molar-refractivity contribution in [1.29, 1.82) is 0 Å². The lowest BCUT2D eigenvalue weighted by atomic mass is 10.0. The fourth-order valence-corrected chi connectivity index (χ4v) is 4.25. The summed E-state index contributed by atoms with van der Waals surface area (Å²) in [4.78, 5) is 0. The van der Waals surface area contributed by atoms with Gasteiger partial charge in [-0.25, -0.2) is 9.08 Å². The lowest BCUT2D eigenvalue weighted by molar-refractivity contribution is -0.0937. The zero-order valence-electron chi connectivity index (χ0n) is 10.9. The molecule has 110 valence electrons. The third-order valence-electron chi connectivity index (χ3n) is 3.25. The van der Waals surface area contributed by atoms with Gasteiger partial charge in [0, 0.05) is 11.9 Å². The number of halogens is 3. The summed E-state index contributed by atoms with van der Waals surface area (Å²) in [6.07, 6.45) is 1.19. The zero-order chi connectivity index (χ0) is 13.9. The first-order chi connectivity index (χ1) is 9.00. The molecule has 0 radical (unpaired) electrons. The predicted octanol–water partition coefficient (Wildman–Crippen LogP) is 3.45. The van der Waals surface area contributed by atoms with Crippen molar-refractivity contribution in [3.63, 3.8) is 0 Å². The molecule has 1 fully saturated rings. The van der Waals surface area contributed by atoms with Crippen molar-refractivity contribution in [3.8, 4) is 0 Å². The van der Waals surface area contributed by atoms with E-state index in [0.717, 1.165) is 31.8 Å². The number of nitrogens with zero attached hydrogens (tertiary/aromatic N) is 1. The van der Waals surface area contributed by atoms with E-state index in [1.165, 1.54) is 6.42 Å². The maximum atomic E-state index is 12.9. The van der Waals surface area contributed by atoms with Crippen LogP contribution in [0.2, 0.25) is 0 Å². The Morgan fingerprint density at radius 1 is 1.37 bits per heavy atom. The molecule has 0 saturated heterocycles. The topological polar surface area (TPSA) is 33.6 Å². The monoisotopic (exact) mass is 296 g/mol. The Bertz CT molecular complexity index is 376. The minimum absolute atomic E-state index is 0.211. The van der Waals surface area contributed by atoms with Crippen LogP contribution in [-0.4, -0.2) is 24.3 Å². The van der Waals surface area contributed by atoms with Crippen LogP contribution < -0.4 is 4.72 Å². The minimum atomic E-state index is -4.39. The molecule has 1 heterocycles. The van der Waals surface area contributed by atoms with E-state index in [1.807, 2.05) is 0 Å². The van der Waals surface area contributed by atoms with Crippen LogP contribution in [0.3, 0.4) is 0 Å². The summed E-state index contributed by atoms with van der Waals surface area (Å²) in [5.74, 6) is 0. The lowest BCUT2D eigenvalue weighted by Gasteiger charge is -2.30. The average molecular weight is 296 g/mol. The molecule has 0 aromatic heterocycles. The van der Waals surface area contributed by atoms with E-state index in [1.54, 1.807) is 6.92 Å². The van der Waals surface area contributed by atoms with Gasteiger partial charge in [0.25, 0.3) is 0 Å². The SMILES string of the molecule is CCOC1C=C(C(F)(F)F)N=S(C2CCCCC2)N1. The maximum Gasteiger partial charge on any atom is 0.433 e. The van der Waals surface area contributed by atoms with E-state index in [-0.39, 0.29) is 5.25 Å². The molecule has 1 aliphatic carbocycles. The van der Waals surface area contributed by atoms with Gasteiger partial charge in [0.05, 0.1) is 0 Å². The molecule has 0 amide bonds. The van der Waals surface area contributed by atoms with Gasteiger partial charge in [-0.1, -0.05) is 19.3 Å². The van der Waals surface area contributed by atoms with E-state index in [0.29, 0.717) is 6.61 Å². The van der Waals surface area contributed by atoms with Crippen molar-refractivity contribution in [2.24, 2.45) is 4.36 Å². The van der Waals surface area contributed by atoms with Gasteiger partial charge in [-0.05, 0) is 36.7 Å². The first-order valence-electron chi connectivity index (χ1n) is 6.62. The molecule has 2 unspecified atom stereocenters. The third-order valence-corrected chi connectivity index (χ3v) is 5.22. The highest BCUT2D eigenvalue weighted by molar-refractivity contribution is 7.86. The first kappa shape index (κ1) is 15.0. The number of nitrogens with one attached hydrogen (secondary N) is 1. The number of ether oxygens (including phenoxy) is 1. The van der Waals surface area contributed by atoms with Gasteiger partial charge in [0.2, 0.25) is 0 Å². The number of allylic oxidation sites excluding steroid dienone is 1. The molecular formula is C12H19F3N2OS. The second-order valence-electron chi connectivity index (χ2n) is 4.71. The first-order valence-corrected chi connectivity index (χ1v) is 7.87. The predicted molar refractivity (Wildman–Crippen MR) is 69.4 cm³/mol. The molecule has 0 spiro atoms. The van der Waals surface area contributed by atoms with E-state index >= 15 is 0 Å². The van der Waals surface area contributed by atoms with Crippen molar-refractivity contribution in [2.75, 3.05) is 6.61 Å². The Morgan fingerprint density at radius 3 is 2.63 bits per heavy atom. The number of hydrogen-bond donors (Lipinski definition) is 1. The Labute approximate surface area is 113 Å². The Hall–Kier alpha value is -0.400. The summed E-state index contributed by atoms with van der Waals surface area (Å²) < 4.78 is 50.8. The smallest absolute Gasteiger partial charge is 0.359 e. The second kappa shape index (κ2) is 6.37. The highest BCUT2D eigenvalue weighted by Gasteiger charge is 2.38. The van der Waals surface area contributed by atoms with Crippen molar-refractivity contribution >= 4 is 10.9 Å². The molecule has 7 heteroatoms. The average Bonchev–Trinajstić information content (AvgIpc) is 2.39. The van der Waals surface area contributed by atoms with Gasteiger partial charge in [-0.3, -0.25) is 0 Å².